The maximum absolute atomic E-state index is 13.2. The number of aryl methyl sites for hydroxylation is 1. The van der Waals surface area contributed by atoms with Crippen LogP contribution in [-0.2, 0) is 6.54 Å². The Balaban J connectivity index is 1.22. The highest BCUT2D eigenvalue weighted by Gasteiger charge is 2.30. The summed E-state index contributed by atoms with van der Waals surface area (Å²) in [5, 5.41) is 26.1. The Kier molecular flexibility index (Phi) is 7.89. The summed E-state index contributed by atoms with van der Waals surface area (Å²) in [7, 11) is 0. The number of hydrogen-bond acceptors (Lipinski definition) is 8. The summed E-state index contributed by atoms with van der Waals surface area (Å²) < 4.78 is 0. The number of nitrogens with one attached hydrogen (secondary N) is 2. The van der Waals surface area contributed by atoms with Gasteiger partial charge in [0.15, 0.2) is 0 Å². The number of hydrazine groups is 1. The van der Waals surface area contributed by atoms with Crippen LogP contribution in [0.1, 0.15) is 52.2 Å². The Labute approximate surface area is 222 Å². The van der Waals surface area contributed by atoms with Gasteiger partial charge >= 0.3 is 0 Å². The highest BCUT2D eigenvalue weighted by atomic mass is 32.1. The molecule has 2 aliphatic heterocycles. The van der Waals surface area contributed by atoms with E-state index in [-0.39, 0.29) is 23.3 Å². The maximum atomic E-state index is 13.2. The smallest absolute Gasteiger partial charge is 0.252 e. The van der Waals surface area contributed by atoms with E-state index in [0.717, 1.165) is 23.4 Å². The van der Waals surface area contributed by atoms with E-state index in [1.807, 2.05) is 43.4 Å². The second-order valence-corrected chi connectivity index (χ2v) is 11.2. The molecule has 8 nitrogen and oxygen atoms in total. The second kappa shape index (κ2) is 11.3. The van der Waals surface area contributed by atoms with Gasteiger partial charge in [0.1, 0.15) is 0 Å². The Hall–Kier alpha value is -2.79. The molecule has 5 rings (SSSR count). The number of carbonyl (C=O) groups excluding carboxylic acids is 1. The van der Waals surface area contributed by atoms with Crippen LogP contribution in [0.15, 0.2) is 54.6 Å². The molecule has 0 aliphatic carbocycles. The SMILES string of the molecule is Cc1ccc(NC2CN(N(O)O)C2)cc1C(=O)NC(C)c1cccc(-c2ccc(CN3CCCC3)s2)c1. The first-order valence-corrected chi connectivity index (χ1v) is 13.7. The van der Waals surface area contributed by atoms with Gasteiger partial charge in [0.25, 0.3) is 5.91 Å². The molecule has 2 aromatic carbocycles. The maximum Gasteiger partial charge on any atom is 0.252 e. The van der Waals surface area contributed by atoms with E-state index in [1.165, 1.54) is 46.3 Å². The van der Waals surface area contributed by atoms with Gasteiger partial charge < -0.3 is 10.6 Å². The Morgan fingerprint density at radius 2 is 1.89 bits per heavy atom. The van der Waals surface area contributed by atoms with E-state index in [9.17, 15) is 4.79 Å². The first-order valence-electron chi connectivity index (χ1n) is 12.9. The normalized spacial score (nSPS) is 17.6. The van der Waals surface area contributed by atoms with Crippen LogP contribution in [0.3, 0.4) is 0 Å². The fourth-order valence-corrected chi connectivity index (χ4v) is 6.03. The quantitative estimate of drug-likeness (QED) is 0.298. The topological polar surface area (TPSA) is 91.3 Å². The van der Waals surface area contributed by atoms with Gasteiger partial charge in [-0.2, -0.15) is 5.01 Å². The number of amides is 1. The standard InChI is InChI=1S/C28H35N5O3S/c1-19-8-9-23(30-24-16-32(17-24)33(35)36)15-26(19)28(34)29-20(2)21-6-5-7-22(14-21)27-11-10-25(37-27)18-31-12-3-4-13-31/h5-11,14-15,20,24,30,35-36H,3-4,12-13,16-18H2,1-2H3,(H,29,34). The number of benzene rings is 2. The van der Waals surface area contributed by atoms with Gasteiger partial charge in [0, 0.05) is 46.0 Å². The molecule has 2 aliphatic rings. The third-order valence-corrected chi connectivity index (χ3v) is 8.35. The van der Waals surface area contributed by atoms with Crippen molar-refractivity contribution < 1.29 is 15.2 Å². The number of nitrogens with zero attached hydrogens (tertiary/aromatic N) is 3. The number of likely N-dealkylation sites (tertiary alicyclic amines) is 1. The summed E-state index contributed by atoms with van der Waals surface area (Å²) >= 11 is 1.85. The highest BCUT2D eigenvalue weighted by molar-refractivity contribution is 7.15. The van der Waals surface area contributed by atoms with Gasteiger partial charge in [0.05, 0.1) is 12.1 Å². The number of hydrogen-bond donors (Lipinski definition) is 4. The van der Waals surface area contributed by atoms with Gasteiger partial charge in [-0.25, -0.2) is 0 Å². The fraction of sp³-hybridized carbons (Fsp3) is 0.393. The minimum absolute atomic E-state index is 0.0789. The van der Waals surface area contributed by atoms with Crippen molar-refractivity contribution in [3.05, 3.63) is 76.2 Å². The molecule has 3 aromatic rings. The third-order valence-electron chi connectivity index (χ3n) is 7.23. The van der Waals surface area contributed by atoms with Crippen LogP contribution in [0.5, 0.6) is 0 Å². The number of carbonyl (C=O) groups is 1. The molecule has 0 saturated carbocycles. The van der Waals surface area contributed by atoms with E-state index in [4.69, 9.17) is 10.4 Å². The monoisotopic (exact) mass is 521 g/mol. The molecule has 37 heavy (non-hydrogen) atoms. The zero-order valence-electron chi connectivity index (χ0n) is 21.4. The molecule has 1 atom stereocenters. The van der Waals surface area contributed by atoms with Crippen LogP contribution in [0, 0.1) is 6.92 Å². The van der Waals surface area contributed by atoms with Crippen LogP contribution in [0.4, 0.5) is 5.69 Å². The van der Waals surface area contributed by atoms with Crippen LogP contribution in [-0.4, -0.2) is 63.8 Å². The van der Waals surface area contributed by atoms with E-state index < -0.39 is 0 Å². The van der Waals surface area contributed by atoms with Crippen molar-refractivity contribution in [3.8, 4) is 10.4 Å². The van der Waals surface area contributed by atoms with Gasteiger partial charge in [-0.15, -0.1) is 11.3 Å². The van der Waals surface area contributed by atoms with Crippen molar-refractivity contribution in [2.24, 2.45) is 0 Å². The van der Waals surface area contributed by atoms with E-state index in [0.29, 0.717) is 18.7 Å². The lowest BCUT2D eigenvalue weighted by Gasteiger charge is -2.40. The molecule has 0 spiro atoms. The minimum Gasteiger partial charge on any atom is -0.380 e. The van der Waals surface area contributed by atoms with E-state index >= 15 is 0 Å². The number of thiophene rings is 1. The van der Waals surface area contributed by atoms with Crippen LogP contribution in [0.25, 0.3) is 10.4 Å². The first kappa shape index (κ1) is 25.8. The molecule has 2 saturated heterocycles. The average molecular weight is 522 g/mol. The molecule has 0 radical (unpaired) electrons. The zero-order valence-corrected chi connectivity index (χ0v) is 22.2. The Morgan fingerprint density at radius 3 is 2.65 bits per heavy atom. The molecule has 2 fully saturated rings. The summed E-state index contributed by atoms with van der Waals surface area (Å²) in [6, 6.07) is 18.5. The van der Waals surface area contributed by atoms with Gasteiger partial charge in [-0.3, -0.25) is 20.1 Å². The predicted molar refractivity (Wildman–Crippen MR) is 146 cm³/mol. The van der Waals surface area contributed by atoms with Crippen molar-refractivity contribution >= 4 is 22.9 Å². The van der Waals surface area contributed by atoms with E-state index in [1.54, 1.807) is 0 Å². The lowest BCUT2D eigenvalue weighted by Crippen LogP contribution is -2.59. The summed E-state index contributed by atoms with van der Waals surface area (Å²) in [4.78, 5) is 18.4. The lowest BCUT2D eigenvalue weighted by atomic mass is 10.0. The average Bonchev–Trinajstić information content (AvgIpc) is 3.54. The first-order chi connectivity index (χ1) is 17.9. The fourth-order valence-electron chi connectivity index (χ4n) is 4.98. The molecule has 1 unspecified atom stereocenters. The molecule has 196 valence electrons. The molecule has 1 aromatic heterocycles. The van der Waals surface area contributed by atoms with Crippen molar-refractivity contribution in [1.29, 1.82) is 0 Å². The van der Waals surface area contributed by atoms with Crippen molar-refractivity contribution in [2.45, 2.75) is 45.3 Å². The molecular weight excluding hydrogens is 486 g/mol. The van der Waals surface area contributed by atoms with E-state index in [2.05, 4.69) is 51.9 Å². The van der Waals surface area contributed by atoms with Gasteiger partial charge in [-0.1, -0.05) is 24.3 Å². The van der Waals surface area contributed by atoms with Crippen LogP contribution in [0.2, 0.25) is 0 Å². The summed E-state index contributed by atoms with van der Waals surface area (Å²) in [6.07, 6.45) is 2.61. The van der Waals surface area contributed by atoms with Crippen molar-refractivity contribution in [1.82, 2.24) is 20.6 Å². The highest BCUT2D eigenvalue weighted by Crippen LogP contribution is 2.31. The molecule has 0 bridgehead atoms. The van der Waals surface area contributed by atoms with Crippen LogP contribution < -0.4 is 10.6 Å². The lowest BCUT2D eigenvalue weighted by molar-refractivity contribution is -0.432. The number of anilines is 1. The third kappa shape index (κ3) is 6.20. The molecule has 4 N–H and O–H groups in total. The Morgan fingerprint density at radius 1 is 1.11 bits per heavy atom. The zero-order chi connectivity index (χ0) is 25.9. The number of rotatable bonds is 9. The van der Waals surface area contributed by atoms with Gasteiger partial charge in [0.2, 0.25) is 0 Å². The Bertz CT molecular complexity index is 1230. The van der Waals surface area contributed by atoms with Gasteiger partial charge in [-0.05, 0) is 86.8 Å². The predicted octanol–water partition coefficient (Wildman–Crippen LogP) is 4.90. The molecular formula is C28H35N5O3S. The molecule has 3 heterocycles. The summed E-state index contributed by atoms with van der Waals surface area (Å²) in [5.41, 5.74) is 4.61. The summed E-state index contributed by atoms with van der Waals surface area (Å²) in [5.74, 6) is -0.116. The second-order valence-electron chi connectivity index (χ2n) is 10.1. The molecule has 1 amide bonds. The largest absolute Gasteiger partial charge is 0.380 e. The summed E-state index contributed by atoms with van der Waals surface area (Å²) in [6.45, 7) is 8.32. The molecule has 9 heteroatoms. The van der Waals surface area contributed by atoms with Crippen molar-refractivity contribution in [2.75, 3.05) is 31.5 Å². The van der Waals surface area contributed by atoms with Crippen LogP contribution >= 0.6 is 11.3 Å². The minimum atomic E-state index is -0.146. The van der Waals surface area contributed by atoms with Crippen molar-refractivity contribution in [3.63, 3.8) is 0 Å².